The molecule has 0 saturated heterocycles. The maximum Gasteiger partial charge on any atom is 0.319 e. The van der Waals surface area contributed by atoms with Crippen LogP contribution in [0.1, 0.15) is 36.2 Å². The molecule has 2 aromatic heterocycles. The van der Waals surface area contributed by atoms with E-state index < -0.39 is 0 Å². The summed E-state index contributed by atoms with van der Waals surface area (Å²) < 4.78 is 7.20. The number of carbonyl (C=O) groups is 1. The van der Waals surface area contributed by atoms with Crippen LogP contribution in [0.4, 0.5) is 10.5 Å². The number of hydrogen-bond acceptors (Lipinski definition) is 4. The molecule has 2 heterocycles. The van der Waals surface area contributed by atoms with Crippen molar-refractivity contribution in [2.45, 2.75) is 33.2 Å². The maximum atomic E-state index is 12.4. The lowest BCUT2D eigenvalue weighted by Crippen LogP contribution is -2.32. The van der Waals surface area contributed by atoms with Gasteiger partial charge in [0.05, 0.1) is 18.8 Å². The van der Waals surface area contributed by atoms with Crippen molar-refractivity contribution in [3.05, 3.63) is 53.6 Å². The number of methoxy groups -OCH3 is 1. The molecule has 0 aliphatic rings. The van der Waals surface area contributed by atoms with E-state index in [0.717, 1.165) is 34.7 Å². The molecule has 3 aromatic rings. The third-order valence-corrected chi connectivity index (χ3v) is 4.25. The smallest absolute Gasteiger partial charge is 0.319 e. The molecule has 7 nitrogen and oxygen atoms in total. The molecular weight excluding hydrogens is 330 g/mol. The molecule has 0 bridgehead atoms. The number of benzene rings is 1. The molecule has 0 aliphatic heterocycles. The Morgan fingerprint density at radius 2 is 2.04 bits per heavy atom. The fourth-order valence-electron chi connectivity index (χ4n) is 3.07. The average Bonchev–Trinajstić information content (AvgIpc) is 3.03. The summed E-state index contributed by atoms with van der Waals surface area (Å²) in [5.74, 6) is 1.45. The minimum Gasteiger partial charge on any atom is -0.496 e. The van der Waals surface area contributed by atoms with Gasteiger partial charge in [0.2, 0.25) is 5.78 Å². The largest absolute Gasteiger partial charge is 0.496 e. The van der Waals surface area contributed by atoms with Gasteiger partial charge in [0.25, 0.3) is 0 Å². The molecule has 0 spiro atoms. The molecule has 1 aromatic carbocycles. The maximum absolute atomic E-state index is 12.4. The van der Waals surface area contributed by atoms with Crippen LogP contribution in [0, 0.1) is 13.8 Å². The number of amides is 2. The lowest BCUT2D eigenvalue weighted by atomic mass is 10.1. The van der Waals surface area contributed by atoms with Gasteiger partial charge >= 0.3 is 6.03 Å². The molecule has 0 aliphatic carbocycles. The first-order valence-corrected chi connectivity index (χ1v) is 8.54. The topological polar surface area (TPSA) is 80.5 Å². The van der Waals surface area contributed by atoms with Gasteiger partial charge < -0.3 is 15.4 Å². The standard InChI is InChI=1S/C19H23N5O2/c1-5-15(16-11-24-8-6-7-20-18(24)22-16)23-19(25)21-14-9-12(2)17(26-4)13(3)10-14/h6-11,15H,5H2,1-4H3,(H2,21,23,25)/t15-/m1/s1. The molecule has 0 saturated carbocycles. The molecule has 0 unspecified atom stereocenters. The van der Waals surface area contributed by atoms with E-state index in [2.05, 4.69) is 20.6 Å². The van der Waals surface area contributed by atoms with Crippen LogP contribution >= 0.6 is 0 Å². The zero-order valence-corrected chi connectivity index (χ0v) is 15.4. The van der Waals surface area contributed by atoms with E-state index in [1.807, 2.05) is 55.8 Å². The summed E-state index contributed by atoms with van der Waals surface area (Å²) in [6.45, 7) is 5.91. The van der Waals surface area contributed by atoms with E-state index in [0.29, 0.717) is 5.78 Å². The van der Waals surface area contributed by atoms with Gasteiger partial charge in [0.1, 0.15) is 5.75 Å². The van der Waals surface area contributed by atoms with Crippen LogP contribution in [0.2, 0.25) is 0 Å². The minimum atomic E-state index is -0.272. The normalized spacial score (nSPS) is 12.0. The number of urea groups is 1. The lowest BCUT2D eigenvalue weighted by molar-refractivity contribution is 0.248. The molecule has 3 rings (SSSR count). The van der Waals surface area contributed by atoms with Crippen LogP contribution in [-0.4, -0.2) is 27.5 Å². The van der Waals surface area contributed by atoms with Gasteiger partial charge in [-0.05, 0) is 49.6 Å². The van der Waals surface area contributed by atoms with Gasteiger partial charge in [-0.2, -0.15) is 0 Å². The highest BCUT2D eigenvalue weighted by Crippen LogP contribution is 2.26. The number of ether oxygens (including phenoxy) is 1. The van der Waals surface area contributed by atoms with Crippen molar-refractivity contribution in [1.29, 1.82) is 0 Å². The monoisotopic (exact) mass is 353 g/mol. The van der Waals surface area contributed by atoms with Gasteiger partial charge in [-0.1, -0.05) is 6.92 Å². The second-order valence-electron chi connectivity index (χ2n) is 6.20. The summed E-state index contributed by atoms with van der Waals surface area (Å²) in [7, 11) is 1.64. The molecule has 26 heavy (non-hydrogen) atoms. The summed E-state index contributed by atoms with van der Waals surface area (Å²) in [4.78, 5) is 21.1. The van der Waals surface area contributed by atoms with Crippen molar-refractivity contribution >= 4 is 17.5 Å². The van der Waals surface area contributed by atoms with Crippen LogP contribution < -0.4 is 15.4 Å². The summed E-state index contributed by atoms with van der Waals surface area (Å²) in [5, 5.41) is 5.86. The van der Waals surface area contributed by atoms with Crippen molar-refractivity contribution in [1.82, 2.24) is 19.7 Å². The number of nitrogens with one attached hydrogen (secondary N) is 2. The molecule has 136 valence electrons. The first-order valence-electron chi connectivity index (χ1n) is 8.54. The first kappa shape index (κ1) is 17.7. The molecule has 0 fully saturated rings. The number of hydrogen-bond donors (Lipinski definition) is 2. The number of rotatable bonds is 5. The lowest BCUT2D eigenvalue weighted by Gasteiger charge is -2.16. The van der Waals surface area contributed by atoms with Crippen molar-refractivity contribution in [2.75, 3.05) is 12.4 Å². The van der Waals surface area contributed by atoms with Crippen LogP contribution in [-0.2, 0) is 0 Å². The van der Waals surface area contributed by atoms with Gasteiger partial charge in [-0.3, -0.25) is 4.40 Å². The van der Waals surface area contributed by atoms with E-state index in [-0.39, 0.29) is 12.1 Å². The SMILES string of the molecule is CC[C@@H](NC(=O)Nc1cc(C)c(OC)c(C)c1)c1cn2cccnc2n1. The molecule has 2 N–H and O–H groups in total. The van der Waals surface area contributed by atoms with E-state index in [1.165, 1.54) is 0 Å². The van der Waals surface area contributed by atoms with Crippen LogP contribution in [0.3, 0.4) is 0 Å². The highest BCUT2D eigenvalue weighted by Gasteiger charge is 2.17. The molecule has 7 heteroatoms. The van der Waals surface area contributed by atoms with E-state index in [1.54, 1.807) is 13.3 Å². The Labute approximate surface area is 152 Å². The predicted molar refractivity (Wildman–Crippen MR) is 101 cm³/mol. The third kappa shape index (κ3) is 3.61. The Balaban J connectivity index is 1.73. The highest BCUT2D eigenvalue weighted by molar-refractivity contribution is 5.90. The second-order valence-corrected chi connectivity index (χ2v) is 6.20. The Bertz CT molecular complexity index is 879. The molecule has 2 amide bonds. The zero-order chi connectivity index (χ0) is 18.7. The zero-order valence-electron chi connectivity index (χ0n) is 15.4. The van der Waals surface area contributed by atoms with Crippen LogP contribution in [0.5, 0.6) is 5.75 Å². The number of fused-ring (bicyclic) bond motifs is 1. The van der Waals surface area contributed by atoms with Gasteiger partial charge in [-0.15, -0.1) is 0 Å². The Morgan fingerprint density at radius 1 is 1.31 bits per heavy atom. The third-order valence-electron chi connectivity index (χ3n) is 4.25. The minimum absolute atomic E-state index is 0.197. The molecule has 0 radical (unpaired) electrons. The summed E-state index contributed by atoms with van der Waals surface area (Å²) >= 11 is 0. The Morgan fingerprint density at radius 3 is 2.65 bits per heavy atom. The molecular formula is C19H23N5O2. The number of imidazole rings is 1. The highest BCUT2D eigenvalue weighted by atomic mass is 16.5. The molecule has 1 atom stereocenters. The average molecular weight is 353 g/mol. The predicted octanol–water partition coefficient (Wildman–Crippen LogP) is 3.63. The number of carbonyl (C=O) groups excluding carboxylic acids is 1. The van der Waals surface area contributed by atoms with E-state index in [9.17, 15) is 4.79 Å². The van der Waals surface area contributed by atoms with Crippen molar-refractivity contribution in [3.63, 3.8) is 0 Å². The van der Waals surface area contributed by atoms with E-state index >= 15 is 0 Å². The van der Waals surface area contributed by atoms with Gasteiger partial charge in [-0.25, -0.2) is 14.8 Å². The summed E-state index contributed by atoms with van der Waals surface area (Å²) in [6, 6.07) is 5.15. The fourth-order valence-corrected chi connectivity index (χ4v) is 3.07. The van der Waals surface area contributed by atoms with Gasteiger partial charge in [0.15, 0.2) is 0 Å². The Hall–Kier alpha value is -3.09. The number of aromatic nitrogens is 3. The number of aryl methyl sites for hydroxylation is 2. The van der Waals surface area contributed by atoms with Crippen molar-refractivity contribution in [3.8, 4) is 5.75 Å². The summed E-state index contributed by atoms with van der Waals surface area (Å²) in [6.07, 6.45) is 6.19. The summed E-state index contributed by atoms with van der Waals surface area (Å²) in [5.41, 5.74) is 3.45. The van der Waals surface area contributed by atoms with Gasteiger partial charge in [0, 0.05) is 24.3 Å². The Kier molecular flexibility index (Phi) is 5.06. The van der Waals surface area contributed by atoms with Crippen LogP contribution in [0.15, 0.2) is 36.8 Å². The number of anilines is 1. The van der Waals surface area contributed by atoms with E-state index in [4.69, 9.17) is 4.74 Å². The fraction of sp³-hybridized carbons (Fsp3) is 0.316. The van der Waals surface area contributed by atoms with Crippen molar-refractivity contribution in [2.24, 2.45) is 0 Å². The quantitative estimate of drug-likeness (QED) is 0.734. The van der Waals surface area contributed by atoms with Crippen LogP contribution in [0.25, 0.3) is 5.78 Å². The second kappa shape index (κ2) is 7.43. The first-order chi connectivity index (χ1) is 12.5. The number of nitrogens with zero attached hydrogens (tertiary/aromatic N) is 3. The van der Waals surface area contributed by atoms with Crippen molar-refractivity contribution < 1.29 is 9.53 Å².